The van der Waals surface area contributed by atoms with E-state index in [9.17, 15) is 19.2 Å². The van der Waals surface area contributed by atoms with Gasteiger partial charge < -0.3 is 29.0 Å². The number of benzene rings is 2. The number of hydrogen-bond acceptors (Lipinski definition) is 9. The third-order valence-corrected chi connectivity index (χ3v) is 5.04. The molecule has 3 rings (SSSR count). The molecule has 0 unspecified atom stereocenters. The van der Waals surface area contributed by atoms with E-state index in [2.05, 4.69) is 5.32 Å². The molecular weight excluding hydrogens is 446 g/mol. The Hall–Kier alpha value is -3.66. The van der Waals surface area contributed by atoms with Gasteiger partial charge in [-0.3, -0.25) is 19.2 Å². The quantitative estimate of drug-likeness (QED) is 0.474. The van der Waals surface area contributed by atoms with Gasteiger partial charge >= 0.3 is 17.9 Å². The Bertz CT molecular complexity index is 1070. The number of amides is 1. The van der Waals surface area contributed by atoms with Crippen molar-refractivity contribution in [2.45, 2.75) is 58.3 Å². The van der Waals surface area contributed by atoms with Gasteiger partial charge in [-0.2, -0.15) is 0 Å². The second-order valence-electron chi connectivity index (χ2n) is 7.85. The van der Waals surface area contributed by atoms with E-state index in [0.717, 1.165) is 10.8 Å². The number of carbonyl (C=O) groups is 4. The average Bonchev–Trinajstić information content (AvgIpc) is 2.75. The topological polar surface area (TPSA) is 126 Å². The minimum absolute atomic E-state index is 0.296. The monoisotopic (exact) mass is 473 g/mol. The van der Waals surface area contributed by atoms with Crippen molar-refractivity contribution in [1.29, 1.82) is 0 Å². The highest BCUT2D eigenvalue weighted by Gasteiger charge is 2.51. The maximum atomic E-state index is 12.0. The lowest BCUT2D eigenvalue weighted by Gasteiger charge is -2.44. The van der Waals surface area contributed by atoms with E-state index in [-0.39, 0.29) is 6.61 Å². The molecule has 1 aliphatic rings. The van der Waals surface area contributed by atoms with Gasteiger partial charge in [0, 0.05) is 27.7 Å². The van der Waals surface area contributed by atoms with Gasteiger partial charge in [0.15, 0.2) is 12.2 Å². The first kappa shape index (κ1) is 25.0. The molecule has 0 radical (unpaired) electrons. The largest absolute Gasteiger partial charge is 0.463 e. The number of rotatable bonds is 7. The van der Waals surface area contributed by atoms with Crippen molar-refractivity contribution in [2.75, 3.05) is 6.61 Å². The molecular formula is C24H27NO9. The van der Waals surface area contributed by atoms with Gasteiger partial charge in [-0.1, -0.05) is 30.3 Å². The summed E-state index contributed by atoms with van der Waals surface area (Å²) in [4.78, 5) is 47.1. The van der Waals surface area contributed by atoms with Crippen LogP contribution in [-0.4, -0.2) is 61.1 Å². The first-order chi connectivity index (χ1) is 16.1. The highest BCUT2D eigenvalue weighted by atomic mass is 16.7. The Labute approximate surface area is 196 Å². The molecule has 1 saturated heterocycles. The first-order valence-electron chi connectivity index (χ1n) is 10.7. The van der Waals surface area contributed by atoms with Crippen molar-refractivity contribution in [3.05, 3.63) is 42.5 Å². The van der Waals surface area contributed by atoms with E-state index < -0.39 is 54.5 Å². The Balaban J connectivity index is 1.98. The van der Waals surface area contributed by atoms with Crippen molar-refractivity contribution in [1.82, 2.24) is 5.32 Å². The Kier molecular flexibility index (Phi) is 8.06. The number of fused-ring (bicyclic) bond motifs is 1. The Morgan fingerprint density at radius 3 is 2.12 bits per heavy atom. The molecule has 1 amide bonds. The molecule has 0 aromatic heterocycles. The van der Waals surface area contributed by atoms with Crippen molar-refractivity contribution in [3.63, 3.8) is 0 Å². The van der Waals surface area contributed by atoms with E-state index in [1.54, 1.807) is 12.1 Å². The van der Waals surface area contributed by atoms with Gasteiger partial charge in [-0.05, 0) is 22.9 Å². The van der Waals surface area contributed by atoms with Crippen molar-refractivity contribution in [2.24, 2.45) is 0 Å². The zero-order valence-electron chi connectivity index (χ0n) is 19.3. The molecule has 0 aliphatic carbocycles. The fourth-order valence-corrected chi connectivity index (χ4v) is 3.77. The van der Waals surface area contributed by atoms with E-state index in [4.69, 9.17) is 23.7 Å². The minimum Gasteiger partial charge on any atom is -0.463 e. The molecule has 0 saturated carbocycles. The Morgan fingerprint density at radius 1 is 0.853 bits per heavy atom. The summed E-state index contributed by atoms with van der Waals surface area (Å²) in [7, 11) is 0. The lowest BCUT2D eigenvalue weighted by Crippen LogP contribution is -2.67. The highest BCUT2D eigenvalue weighted by molar-refractivity contribution is 5.83. The summed E-state index contributed by atoms with van der Waals surface area (Å²) < 4.78 is 28.0. The van der Waals surface area contributed by atoms with Crippen LogP contribution in [-0.2, 0) is 38.1 Å². The maximum Gasteiger partial charge on any atom is 0.303 e. The summed E-state index contributed by atoms with van der Waals surface area (Å²) in [5, 5.41) is 4.58. The van der Waals surface area contributed by atoms with Crippen LogP contribution in [0.15, 0.2) is 42.5 Å². The summed E-state index contributed by atoms with van der Waals surface area (Å²) >= 11 is 0. The van der Waals surface area contributed by atoms with Crippen molar-refractivity contribution in [3.8, 4) is 5.75 Å². The van der Waals surface area contributed by atoms with Crippen LogP contribution in [0.1, 0.15) is 27.7 Å². The Morgan fingerprint density at radius 2 is 1.50 bits per heavy atom. The number of carbonyl (C=O) groups excluding carboxylic acids is 4. The fourth-order valence-electron chi connectivity index (χ4n) is 3.77. The number of nitrogens with one attached hydrogen (secondary N) is 1. The van der Waals surface area contributed by atoms with Gasteiger partial charge in [0.25, 0.3) is 0 Å². The molecule has 1 heterocycles. The molecule has 1 fully saturated rings. The van der Waals surface area contributed by atoms with E-state index >= 15 is 0 Å². The molecule has 2 aromatic carbocycles. The van der Waals surface area contributed by atoms with Crippen LogP contribution in [0.5, 0.6) is 5.75 Å². The normalized spacial score (nSPS) is 24.1. The van der Waals surface area contributed by atoms with Crippen LogP contribution in [0.3, 0.4) is 0 Å². The van der Waals surface area contributed by atoms with Crippen LogP contribution in [0.2, 0.25) is 0 Å². The molecule has 0 spiro atoms. The van der Waals surface area contributed by atoms with Crippen LogP contribution in [0.4, 0.5) is 0 Å². The fraction of sp³-hybridized carbons (Fsp3) is 0.417. The predicted octanol–water partition coefficient (Wildman–Crippen LogP) is 1.87. The molecule has 10 heteroatoms. The standard InChI is InChI=1S/C24H27NO9/c1-13(26)25-21-23(32-16(4)29)22(31-15(3)28)20(12-30-14(2)27)34-24(21)33-19-10-9-17-7-5-6-8-18(17)11-19/h5-11,20-24H,12H2,1-4H3,(H,25,26)/t20-,21-,22+,23+,24+/m0/s1. The van der Waals surface area contributed by atoms with Gasteiger partial charge in [-0.15, -0.1) is 0 Å². The second kappa shape index (κ2) is 11.0. The molecule has 10 nitrogen and oxygen atoms in total. The highest BCUT2D eigenvalue weighted by Crippen LogP contribution is 2.30. The van der Waals surface area contributed by atoms with Crippen LogP contribution >= 0.6 is 0 Å². The number of ether oxygens (including phenoxy) is 5. The molecule has 5 atom stereocenters. The predicted molar refractivity (Wildman–Crippen MR) is 119 cm³/mol. The van der Waals surface area contributed by atoms with Crippen LogP contribution in [0.25, 0.3) is 10.8 Å². The molecule has 1 N–H and O–H groups in total. The first-order valence-corrected chi connectivity index (χ1v) is 10.7. The molecule has 34 heavy (non-hydrogen) atoms. The van der Waals surface area contributed by atoms with E-state index in [1.165, 1.54) is 27.7 Å². The third-order valence-electron chi connectivity index (χ3n) is 5.04. The lowest BCUT2D eigenvalue weighted by atomic mass is 9.96. The van der Waals surface area contributed by atoms with Gasteiger partial charge in [-0.25, -0.2) is 0 Å². The molecule has 182 valence electrons. The van der Waals surface area contributed by atoms with E-state index in [1.807, 2.05) is 30.3 Å². The summed E-state index contributed by atoms with van der Waals surface area (Å²) in [6.07, 6.45) is -4.55. The second-order valence-corrected chi connectivity index (χ2v) is 7.85. The van der Waals surface area contributed by atoms with Gasteiger partial charge in [0.05, 0.1) is 0 Å². The van der Waals surface area contributed by atoms with Crippen molar-refractivity contribution < 1.29 is 42.9 Å². The number of hydrogen-bond donors (Lipinski definition) is 1. The summed E-state index contributed by atoms with van der Waals surface area (Å²) in [6.45, 7) is 4.57. The molecule has 2 aromatic rings. The molecule has 1 aliphatic heterocycles. The van der Waals surface area contributed by atoms with Crippen LogP contribution in [0, 0.1) is 0 Å². The van der Waals surface area contributed by atoms with Crippen molar-refractivity contribution >= 4 is 34.6 Å². The van der Waals surface area contributed by atoms with Gasteiger partial charge in [0.1, 0.15) is 24.5 Å². The zero-order valence-corrected chi connectivity index (χ0v) is 19.3. The third kappa shape index (κ3) is 6.44. The summed E-state index contributed by atoms with van der Waals surface area (Å²) in [5.41, 5.74) is 0. The average molecular weight is 473 g/mol. The smallest absolute Gasteiger partial charge is 0.303 e. The summed E-state index contributed by atoms with van der Waals surface area (Å²) in [5.74, 6) is -1.94. The lowest BCUT2D eigenvalue weighted by molar-refractivity contribution is -0.257. The maximum absolute atomic E-state index is 12.0. The minimum atomic E-state index is -1.18. The SMILES string of the molecule is CC(=O)N[C@@H]1[C@H](Oc2ccc3ccccc3c2)O[C@@H](COC(C)=O)[C@@H](OC(C)=O)[C@@H]1OC(C)=O. The zero-order chi connectivity index (χ0) is 24.8. The van der Waals surface area contributed by atoms with E-state index in [0.29, 0.717) is 5.75 Å². The number of esters is 3. The van der Waals surface area contributed by atoms with Gasteiger partial charge in [0.2, 0.25) is 12.2 Å². The molecule has 0 bridgehead atoms. The summed E-state index contributed by atoms with van der Waals surface area (Å²) in [6, 6.07) is 12.0. The van der Waals surface area contributed by atoms with Crippen LogP contribution < -0.4 is 10.1 Å².